The van der Waals surface area contributed by atoms with E-state index in [9.17, 15) is 0 Å². The molecule has 2 N–H and O–H groups in total. The molecule has 24 heavy (non-hydrogen) atoms. The number of benzene rings is 2. The second-order valence-electron chi connectivity index (χ2n) is 6.39. The monoisotopic (exact) mass is 354 g/mol. The molecule has 1 aromatic heterocycles. The van der Waals surface area contributed by atoms with Crippen molar-refractivity contribution in [3.63, 3.8) is 0 Å². The van der Waals surface area contributed by atoms with Crippen molar-refractivity contribution in [2.24, 2.45) is 0 Å². The highest BCUT2D eigenvalue weighted by molar-refractivity contribution is 7.18. The minimum absolute atomic E-state index is 0.0517. The molecule has 4 heteroatoms. The third-order valence-electron chi connectivity index (χ3n) is 4.99. The molecule has 3 aromatic rings. The SMILES string of the molecule is Nc1nc(C2(c3ccc(Cl)cc3)CCCC2)c(-c2ccccc2)s1. The zero-order valence-electron chi connectivity index (χ0n) is 13.3. The Bertz CT molecular complexity index is 834. The van der Waals surface area contributed by atoms with Gasteiger partial charge in [0.05, 0.1) is 10.6 Å². The standard InChI is InChI=1S/C20H19ClN2S/c21-16-10-8-15(9-11-16)20(12-4-5-13-20)18-17(24-19(22)23-18)14-6-2-1-3-7-14/h1-3,6-11H,4-5,12-13H2,(H2,22,23). The van der Waals surface area contributed by atoms with Crippen molar-refractivity contribution in [2.75, 3.05) is 5.73 Å². The third kappa shape index (κ3) is 2.62. The maximum absolute atomic E-state index is 6.13. The van der Waals surface area contributed by atoms with Gasteiger partial charge in [0.2, 0.25) is 0 Å². The molecule has 0 radical (unpaired) electrons. The number of nitrogens with two attached hydrogens (primary N) is 1. The summed E-state index contributed by atoms with van der Waals surface area (Å²) in [6.45, 7) is 0. The van der Waals surface area contributed by atoms with Crippen LogP contribution in [0, 0.1) is 0 Å². The van der Waals surface area contributed by atoms with Crippen LogP contribution in [0.25, 0.3) is 10.4 Å². The Morgan fingerprint density at radius 2 is 1.62 bits per heavy atom. The topological polar surface area (TPSA) is 38.9 Å². The smallest absolute Gasteiger partial charge is 0.180 e. The van der Waals surface area contributed by atoms with Crippen molar-refractivity contribution < 1.29 is 0 Å². The highest BCUT2D eigenvalue weighted by Gasteiger charge is 2.41. The molecule has 0 aliphatic heterocycles. The Kier molecular flexibility index (Phi) is 4.07. The van der Waals surface area contributed by atoms with E-state index in [2.05, 4.69) is 36.4 Å². The van der Waals surface area contributed by atoms with E-state index in [0.29, 0.717) is 5.13 Å². The van der Waals surface area contributed by atoms with Gasteiger partial charge in [-0.2, -0.15) is 0 Å². The van der Waals surface area contributed by atoms with Crippen LogP contribution in [0.1, 0.15) is 36.9 Å². The highest BCUT2D eigenvalue weighted by Crippen LogP contribution is 2.50. The van der Waals surface area contributed by atoms with Gasteiger partial charge in [0, 0.05) is 10.4 Å². The molecule has 1 fully saturated rings. The lowest BCUT2D eigenvalue weighted by Gasteiger charge is -2.29. The molecule has 1 aliphatic carbocycles. The second kappa shape index (κ2) is 6.23. The average Bonchev–Trinajstić information content (AvgIpc) is 3.24. The van der Waals surface area contributed by atoms with Gasteiger partial charge in [0.1, 0.15) is 0 Å². The number of rotatable bonds is 3. The first kappa shape index (κ1) is 15.7. The summed E-state index contributed by atoms with van der Waals surface area (Å²) in [5.74, 6) is 0. The first-order chi connectivity index (χ1) is 11.7. The van der Waals surface area contributed by atoms with Gasteiger partial charge in [-0.05, 0) is 36.1 Å². The molecule has 0 bridgehead atoms. The normalized spacial score (nSPS) is 16.4. The van der Waals surface area contributed by atoms with E-state index in [0.717, 1.165) is 23.6 Å². The van der Waals surface area contributed by atoms with Crippen LogP contribution in [0.3, 0.4) is 0 Å². The largest absolute Gasteiger partial charge is 0.375 e. The first-order valence-electron chi connectivity index (χ1n) is 8.27. The maximum Gasteiger partial charge on any atom is 0.180 e. The Labute approximate surface area is 151 Å². The zero-order valence-corrected chi connectivity index (χ0v) is 14.9. The van der Waals surface area contributed by atoms with Crippen molar-refractivity contribution >= 4 is 28.1 Å². The van der Waals surface area contributed by atoms with Gasteiger partial charge >= 0.3 is 0 Å². The molecule has 4 rings (SSSR count). The molecule has 0 saturated heterocycles. The van der Waals surface area contributed by atoms with Crippen LogP contribution in [0.4, 0.5) is 5.13 Å². The molecule has 0 spiro atoms. The van der Waals surface area contributed by atoms with Crippen LogP contribution < -0.4 is 5.73 Å². The zero-order chi connectivity index (χ0) is 16.6. The minimum Gasteiger partial charge on any atom is -0.375 e. The Morgan fingerprint density at radius 3 is 2.29 bits per heavy atom. The number of aromatic nitrogens is 1. The summed E-state index contributed by atoms with van der Waals surface area (Å²) < 4.78 is 0. The van der Waals surface area contributed by atoms with Gasteiger partial charge in [-0.15, -0.1) is 0 Å². The number of hydrogen-bond donors (Lipinski definition) is 1. The van der Waals surface area contributed by atoms with E-state index < -0.39 is 0 Å². The predicted octanol–water partition coefficient (Wildman–Crippen LogP) is 5.91. The quantitative estimate of drug-likeness (QED) is 0.635. The maximum atomic E-state index is 6.13. The third-order valence-corrected chi connectivity index (χ3v) is 6.17. The fraction of sp³-hybridized carbons (Fsp3) is 0.250. The predicted molar refractivity (Wildman–Crippen MR) is 103 cm³/mol. The van der Waals surface area contributed by atoms with Crippen LogP contribution >= 0.6 is 22.9 Å². The molecule has 1 saturated carbocycles. The summed E-state index contributed by atoms with van der Waals surface area (Å²) in [5, 5.41) is 1.41. The molecular formula is C20H19ClN2S. The van der Waals surface area contributed by atoms with Gasteiger partial charge in [0.15, 0.2) is 5.13 Å². The molecule has 122 valence electrons. The molecule has 0 unspecified atom stereocenters. The van der Waals surface area contributed by atoms with Crippen molar-refractivity contribution in [1.29, 1.82) is 0 Å². The van der Waals surface area contributed by atoms with Crippen molar-refractivity contribution in [3.8, 4) is 10.4 Å². The van der Waals surface area contributed by atoms with Crippen molar-refractivity contribution in [3.05, 3.63) is 70.9 Å². The molecule has 1 aliphatic rings. The lowest BCUT2D eigenvalue weighted by molar-refractivity contribution is 0.523. The number of thiazole rings is 1. The Balaban J connectivity index is 1.90. The van der Waals surface area contributed by atoms with Gasteiger partial charge in [-0.25, -0.2) is 4.98 Å². The number of nitrogen functional groups attached to an aromatic ring is 1. The summed E-state index contributed by atoms with van der Waals surface area (Å²) in [4.78, 5) is 6.00. The van der Waals surface area contributed by atoms with Crippen LogP contribution in [-0.2, 0) is 5.41 Å². The van der Waals surface area contributed by atoms with Crippen LogP contribution in [0.2, 0.25) is 5.02 Å². The molecule has 0 amide bonds. The lowest BCUT2D eigenvalue weighted by atomic mass is 9.75. The Morgan fingerprint density at radius 1 is 0.958 bits per heavy atom. The van der Waals surface area contributed by atoms with Crippen molar-refractivity contribution in [1.82, 2.24) is 4.98 Å². The molecule has 0 atom stereocenters. The second-order valence-corrected chi connectivity index (χ2v) is 7.86. The molecule has 1 heterocycles. The summed E-state index contributed by atoms with van der Waals surface area (Å²) in [5.41, 5.74) is 9.71. The van der Waals surface area contributed by atoms with E-state index >= 15 is 0 Å². The van der Waals surface area contributed by atoms with Gasteiger partial charge in [0.25, 0.3) is 0 Å². The van der Waals surface area contributed by atoms with Gasteiger partial charge in [-0.3, -0.25) is 0 Å². The van der Waals surface area contributed by atoms with E-state index in [1.165, 1.54) is 28.8 Å². The number of nitrogens with zero attached hydrogens (tertiary/aromatic N) is 1. The number of anilines is 1. The number of halogens is 1. The van der Waals surface area contributed by atoms with Gasteiger partial charge in [-0.1, -0.05) is 78.2 Å². The highest BCUT2D eigenvalue weighted by atomic mass is 35.5. The number of hydrogen-bond acceptors (Lipinski definition) is 3. The van der Waals surface area contributed by atoms with E-state index in [1.807, 2.05) is 18.2 Å². The summed E-state index contributed by atoms with van der Waals surface area (Å²) in [6.07, 6.45) is 4.65. The lowest BCUT2D eigenvalue weighted by Crippen LogP contribution is -2.25. The fourth-order valence-corrected chi connectivity index (χ4v) is 4.92. The summed E-state index contributed by atoms with van der Waals surface area (Å²) >= 11 is 7.70. The fourth-order valence-electron chi connectivity index (χ4n) is 3.86. The van der Waals surface area contributed by atoms with Crippen molar-refractivity contribution in [2.45, 2.75) is 31.1 Å². The van der Waals surface area contributed by atoms with Crippen LogP contribution in [-0.4, -0.2) is 4.98 Å². The van der Waals surface area contributed by atoms with Gasteiger partial charge < -0.3 is 5.73 Å². The van der Waals surface area contributed by atoms with E-state index in [-0.39, 0.29) is 5.41 Å². The summed E-state index contributed by atoms with van der Waals surface area (Å²) in [7, 11) is 0. The molecule has 2 aromatic carbocycles. The van der Waals surface area contributed by atoms with E-state index in [1.54, 1.807) is 11.3 Å². The van der Waals surface area contributed by atoms with E-state index in [4.69, 9.17) is 22.3 Å². The van der Waals surface area contributed by atoms with Crippen LogP contribution in [0.5, 0.6) is 0 Å². The average molecular weight is 355 g/mol. The summed E-state index contributed by atoms with van der Waals surface area (Å²) in [6, 6.07) is 18.7. The molecular weight excluding hydrogens is 336 g/mol. The van der Waals surface area contributed by atoms with Crippen LogP contribution in [0.15, 0.2) is 54.6 Å². The first-order valence-corrected chi connectivity index (χ1v) is 9.47. The minimum atomic E-state index is -0.0517. The molecule has 2 nitrogen and oxygen atoms in total. The Hall–Kier alpha value is -1.84.